The quantitative estimate of drug-likeness (QED) is 0.602. The summed E-state index contributed by atoms with van der Waals surface area (Å²) >= 11 is 3.26. The number of carbonyl (C=O) groups excluding carboxylic acids is 1. The van der Waals surface area contributed by atoms with Crippen LogP contribution in [0, 0.1) is 0 Å². The molecule has 2 aromatic heterocycles. The Balaban J connectivity index is 1.52. The highest BCUT2D eigenvalue weighted by Gasteiger charge is 2.02. The number of ether oxygens (including phenoxy) is 1. The standard InChI is InChI=1S/C18H24N2O3S2/c1-20(2)10-17-9-16(13-25-17)23-7-4-3-6-19-18(21)14-24-12-15-5-8-22-11-15/h3,5-6,8-9,11,13H,4,7,10,12,14H2,1-2H3,(H,19,21)/b6-3-. The summed E-state index contributed by atoms with van der Waals surface area (Å²) in [6, 6.07) is 3.98. The van der Waals surface area contributed by atoms with E-state index in [4.69, 9.17) is 9.15 Å². The van der Waals surface area contributed by atoms with Crippen LogP contribution in [0.3, 0.4) is 0 Å². The number of nitrogens with one attached hydrogen (secondary N) is 1. The van der Waals surface area contributed by atoms with E-state index in [1.165, 1.54) is 4.88 Å². The second-order valence-corrected chi connectivity index (χ2v) is 7.70. The van der Waals surface area contributed by atoms with Crippen LogP contribution in [0.4, 0.5) is 0 Å². The lowest BCUT2D eigenvalue weighted by molar-refractivity contribution is -0.117. The van der Waals surface area contributed by atoms with E-state index in [0.717, 1.165) is 30.0 Å². The van der Waals surface area contributed by atoms with Crippen molar-refractivity contribution in [2.45, 2.75) is 18.7 Å². The number of furan rings is 1. The second kappa shape index (κ2) is 11.0. The van der Waals surface area contributed by atoms with Crippen LogP contribution in [0.25, 0.3) is 0 Å². The second-order valence-electron chi connectivity index (χ2n) is 5.72. The summed E-state index contributed by atoms with van der Waals surface area (Å²) < 4.78 is 10.7. The predicted molar refractivity (Wildman–Crippen MR) is 104 cm³/mol. The maximum Gasteiger partial charge on any atom is 0.233 e. The van der Waals surface area contributed by atoms with Crippen LogP contribution in [-0.2, 0) is 17.1 Å². The molecule has 2 aromatic rings. The van der Waals surface area contributed by atoms with Crippen LogP contribution < -0.4 is 10.1 Å². The van der Waals surface area contributed by atoms with Crippen molar-refractivity contribution in [3.8, 4) is 5.75 Å². The van der Waals surface area contributed by atoms with E-state index in [2.05, 4.69) is 30.4 Å². The molecule has 25 heavy (non-hydrogen) atoms. The van der Waals surface area contributed by atoms with Crippen LogP contribution in [0.1, 0.15) is 16.9 Å². The first-order chi connectivity index (χ1) is 12.1. The number of thioether (sulfide) groups is 1. The zero-order valence-corrected chi connectivity index (χ0v) is 16.2. The van der Waals surface area contributed by atoms with Crippen molar-refractivity contribution in [1.29, 1.82) is 0 Å². The maximum absolute atomic E-state index is 11.7. The normalized spacial score (nSPS) is 11.3. The van der Waals surface area contributed by atoms with Gasteiger partial charge in [0.15, 0.2) is 0 Å². The molecule has 0 fully saturated rings. The molecule has 0 atom stereocenters. The molecule has 0 unspecified atom stereocenters. The fourth-order valence-electron chi connectivity index (χ4n) is 1.99. The Bertz CT molecular complexity index is 651. The van der Waals surface area contributed by atoms with Gasteiger partial charge in [-0.15, -0.1) is 23.1 Å². The highest BCUT2D eigenvalue weighted by atomic mass is 32.2. The van der Waals surface area contributed by atoms with Gasteiger partial charge in [-0.1, -0.05) is 6.08 Å². The van der Waals surface area contributed by atoms with Crippen LogP contribution in [0.5, 0.6) is 5.75 Å². The van der Waals surface area contributed by atoms with Gasteiger partial charge in [0, 0.05) is 34.5 Å². The lowest BCUT2D eigenvalue weighted by Gasteiger charge is -2.06. The molecular weight excluding hydrogens is 356 g/mol. The van der Waals surface area contributed by atoms with Crippen LogP contribution >= 0.6 is 23.1 Å². The third-order valence-electron chi connectivity index (χ3n) is 3.10. The molecule has 2 rings (SSSR count). The Morgan fingerprint density at radius 2 is 2.36 bits per heavy atom. The summed E-state index contributed by atoms with van der Waals surface area (Å²) in [5.74, 6) is 2.11. The van der Waals surface area contributed by atoms with E-state index >= 15 is 0 Å². The number of rotatable bonds is 11. The third-order valence-corrected chi connectivity index (χ3v) is 5.00. The number of hydrogen-bond acceptors (Lipinski definition) is 6. The number of amides is 1. The number of carbonyl (C=O) groups is 1. The molecule has 0 aliphatic carbocycles. The van der Waals surface area contributed by atoms with Gasteiger partial charge in [-0.25, -0.2) is 0 Å². The fraction of sp³-hybridized carbons (Fsp3) is 0.389. The minimum absolute atomic E-state index is 0.00294. The SMILES string of the molecule is CN(C)Cc1cc(OCC/C=C\NC(=O)CSCc2ccoc2)cs1. The highest BCUT2D eigenvalue weighted by molar-refractivity contribution is 7.99. The molecule has 0 saturated carbocycles. The van der Waals surface area contributed by atoms with Crippen molar-refractivity contribution in [3.63, 3.8) is 0 Å². The Labute approximate surface area is 157 Å². The number of thiophene rings is 1. The van der Waals surface area contributed by atoms with E-state index in [1.54, 1.807) is 41.8 Å². The van der Waals surface area contributed by atoms with Crippen molar-refractivity contribution in [3.05, 3.63) is 52.8 Å². The Morgan fingerprint density at radius 3 is 3.12 bits per heavy atom. The lowest BCUT2D eigenvalue weighted by atomic mass is 10.4. The minimum atomic E-state index is -0.00294. The molecule has 0 aliphatic rings. The molecule has 0 saturated heterocycles. The van der Waals surface area contributed by atoms with Gasteiger partial charge in [0.05, 0.1) is 24.9 Å². The minimum Gasteiger partial charge on any atom is -0.492 e. The van der Waals surface area contributed by atoms with Crippen molar-refractivity contribution in [2.24, 2.45) is 0 Å². The summed E-state index contributed by atoms with van der Waals surface area (Å²) in [6.07, 6.45) is 7.68. The van der Waals surface area contributed by atoms with Gasteiger partial charge in [-0.05, 0) is 32.4 Å². The Kier molecular flexibility index (Phi) is 8.65. The molecule has 0 aromatic carbocycles. The molecule has 0 aliphatic heterocycles. The largest absolute Gasteiger partial charge is 0.492 e. The lowest BCUT2D eigenvalue weighted by Crippen LogP contribution is -2.19. The fourth-order valence-corrected chi connectivity index (χ4v) is 3.68. The van der Waals surface area contributed by atoms with Gasteiger partial charge in [-0.2, -0.15) is 0 Å². The molecule has 136 valence electrons. The van der Waals surface area contributed by atoms with E-state index < -0.39 is 0 Å². The molecule has 0 radical (unpaired) electrons. The monoisotopic (exact) mass is 380 g/mol. The molecule has 1 N–H and O–H groups in total. The average Bonchev–Trinajstić information content (AvgIpc) is 3.22. The first-order valence-corrected chi connectivity index (χ1v) is 10.0. The molecule has 2 heterocycles. The highest BCUT2D eigenvalue weighted by Crippen LogP contribution is 2.22. The zero-order chi connectivity index (χ0) is 17.9. The molecule has 5 nitrogen and oxygen atoms in total. The Hall–Kier alpha value is -1.70. The predicted octanol–water partition coefficient (Wildman–Crippen LogP) is 3.73. The van der Waals surface area contributed by atoms with Crippen molar-refractivity contribution in [2.75, 3.05) is 26.5 Å². The van der Waals surface area contributed by atoms with Crippen molar-refractivity contribution in [1.82, 2.24) is 10.2 Å². The molecule has 0 bridgehead atoms. The van der Waals surface area contributed by atoms with E-state index in [-0.39, 0.29) is 5.91 Å². The molecular formula is C18H24N2O3S2. The first-order valence-electron chi connectivity index (χ1n) is 8.01. The van der Waals surface area contributed by atoms with Crippen LogP contribution in [0.2, 0.25) is 0 Å². The topological polar surface area (TPSA) is 54.7 Å². The van der Waals surface area contributed by atoms with Gasteiger partial charge >= 0.3 is 0 Å². The van der Waals surface area contributed by atoms with Gasteiger partial charge in [-0.3, -0.25) is 4.79 Å². The van der Waals surface area contributed by atoms with Crippen LogP contribution in [0.15, 0.2) is 46.7 Å². The number of hydrogen-bond donors (Lipinski definition) is 1. The average molecular weight is 381 g/mol. The molecule has 1 amide bonds. The van der Waals surface area contributed by atoms with Crippen molar-refractivity contribution >= 4 is 29.0 Å². The van der Waals surface area contributed by atoms with Crippen molar-refractivity contribution < 1.29 is 13.9 Å². The zero-order valence-electron chi connectivity index (χ0n) is 14.6. The summed E-state index contributed by atoms with van der Waals surface area (Å²) in [5.41, 5.74) is 1.09. The Morgan fingerprint density at radius 1 is 1.48 bits per heavy atom. The van der Waals surface area contributed by atoms with Crippen LogP contribution in [-0.4, -0.2) is 37.3 Å². The summed E-state index contributed by atoms with van der Waals surface area (Å²) in [6.45, 7) is 1.53. The molecule has 7 heteroatoms. The van der Waals surface area contributed by atoms with Gasteiger partial charge < -0.3 is 19.4 Å². The van der Waals surface area contributed by atoms with E-state index in [9.17, 15) is 4.79 Å². The summed E-state index contributed by atoms with van der Waals surface area (Å²) in [4.78, 5) is 15.1. The summed E-state index contributed by atoms with van der Waals surface area (Å²) in [5, 5.41) is 4.79. The van der Waals surface area contributed by atoms with Gasteiger partial charge in [0.25, 0.3) is 0 Å². The summed E-state index contributed by atoms with van der Waals surface area (Å²) in [7, 11) is 4.10. The van der Waals surface area contributed by atoms with E-state index in [0.29, 0.717) is 12.4 Å². The molecule has 0 spiro atoms. The van der Waals surface area contributed by atoms with E-state index in [1.807, 2.05) is 17.5 Å². The first kappa shape index (κ1) is 19.6. The van der Waals surface area contributed by atoms with Gasteiger partial charge in [0.2, 0.25) is 5.91 Å². The smallest absolute Gasteiger partial charge is 0.233 e. The third kappa shape index (κ3) is 8.29. The maximum atomic E-state index is 11.7. The van der Waals surface area contributed by atoms with Gasteiger partial charge in [0.1, 0.15) is 5.75 Å². The number of nitrogens with zero attached hydrogens (tertiary/aromatic N) is 1.